The molecule has 1 atom stereocenters. The lowest BCUT2D eigenvalue weighted by molar-refractivity contribution is -0.121. The van der Waals surface area contributed by atoms with Crippen molar-refractivity contribution in [3.63, 3.8) is 0 Å². The molecule has 0 aliphatic rings. The van der Waals surface area contributed by atoms with Crippen LogP contribution in [0.5, 0.6) is 0 Å². The van der Waals surface area contributed by atoms with Crippen molar-refractivity contribution >= 4 is 5.91 Å². The van der Waals surface area contributed by atoms with E-state index >= 15 is 0 Å². The molecule has 0 spiro atoms. The Morgan fingerprint density at radius 3 is 1.73 bits per heavy atom. The van der Waals surface area contributed by atoms with Gasteiger partial charge in [-0.05, 0) is 34.2 Å². The molecule has 1 N–H and O–H groups in total. The molecule has 4 rings (SSSR count). The van der Waals surface area contributed by atoms with Gasteiger partial charge >= 0.3 is 0 Å². The minimum atomic E-state index is -0.167. The SMILES string of the molecule is O=C(CCc1ccccc1)N[C@H](c1ccccc1)c1ccc(-c2ccccc2)cc1. The number of hydrogen-bond acceptors (Lipinski definition) is 1. The number of aryl methyl sites for hydroxylation is 1. The standard InChI is InChI=1S/C28H25NO/c30-27(21-16-22-10-4-1-5-11-22)29-28(25-14-8-3-9-15-25)26-19-17-24(18-20-26)23-12-6-2-7-13-23/h1-15,17-20,28H,16,21H2,(H,29,30)/t28-/m1/s1. The molecule has 0 saturated carbocycles. The first-order chi connectivity index (χ1) is 14.8. The van der Waals surface area contributed by atoms with E-state index < -0.39 is 0 Å². The van der Waals surface area contributed by atoms with Crippen molar-refractivity contribution in [3.05, 3.63) is 132 Å². The second-order valence-corrected chi connectivity index (χ2v) is 7.38. The molecule has 0 fully saturated rings. The van der Waals surface area contributed by atoms with Crippen molar-refractivity contribution in [2.24, 2.45) is 0 Å². The summed E-state index contributed by atoms with van der Waals surface area (Å²) in [6.07, 6.45) is 1.20. The fraction of sp³-hybridized carbons (Fsp3) is 0.107. The molecule has 0 aliphatic heterocycles. The Bertz CT molecular complexity index is 1060. The molecule has 148 valence electrons. The Balaban J connectivity index is 1.52. The Labute approximate surface area is 178 Å². The highest BCUT2D eigenvalue weighted by Crippen LogP contribution is 2.26. The Hall–Kier alpha value is -3.65. The third-order valence-corrected chi connectivity index (χ3v) is 5.27. The highest BCUT2D eigenvalue weighted by Gasteiger charge is 2.17. The van der Waals surface area contributed by atoms with Crippen LogP contribution in [0.25, 0.3) is 11.1 Å². The van der Waals surface area contributed by atoms with Crippen molar-refractivity contribution in [2.45, 2.75) is 18.9 Å². The van der Waals surface area contributed by atoms with Crippen molar-refractivity contribution < 1.29 is 4.79 Å². The third-order valence-electron chi connectivity index (χ3n) is 5.27. The van der Waals surface area contributed by atoms with Crippen molar-refractivity contribution in [2.75, 3.05) is 0 Å². The minimum Gasteiger partial charge on any atom is -0.345 e. The third kappa shape index (κ3) is 5.03. The zero-order valence-electron chi connectivity index (χ0n) is 16.9. The number of carbonyl (C=O) groups is 1. The van der Waals surface area contributed by atoms with Crippen LogP contribution in [0.2, 0.25) is 0 Å². The maximum atomic E-state index is 12.8. The van der Waals surface area contributed by atoms with Crippen molar-refractivity contribution in [3.8, 4) is 11.1 Å². The maximum absolute atomic E-state index is 12.8. The van der Waals surface area contributed by atoms with Crippen LogP contribution in [0.15, 0.2) is 115 Å². The second kappa shape index (κ2) is 9.71. The van der Waals surface area contributed by atoms with E-state index in [9.17, 15) is 4.79 Å². The molecular formula is C28H25NO. The van der Waals surface area contributed by atoms with Gasteiger partial charge in [0.2, 0.25) is 5.91 Å². The second-order valence-electron chi connectivity index (χ2n) is 7.38. The van der Waals surface area contributed by atoms with Gasteiger partial charge in [-0.3, -0.25) is 4.79 Å². The number of carbonyl (C=O) groups excluding carboxylic acids is 1. The lowest BCUT2D eigenvalue weighted by atomic mass is 9.96. The molecule has 0 unspecified atom stereocenters. The van der Waals surface area contributed by atoms with E-state index in [0.29, 0.717) is 6.42 Å². The largest absolute Gasteiger partial charge is 0.345 e. The van der Waals surface area contributed by atoms with Gasteiger partial charge in [-0.1, -0.05) is 115 Å². The van der Waals surface area contributed by atoms with E-state index in [2.05, 4.69) is 66.0 Å². The first-order valence-corrected chi connectivity index (χ1v) is 10.3. The first kappa shape index (κ1) is 19.7. The van der Waals surface area contributed by atoms with Crippen LogP contribution >= 0.6 is 0 Å². The molecule has 4 aromatic rings. The highest BCUT2D eigenvalue weighted by atomic mass is 16.1. The van der Waals surface area contributed by atoms with Crippen LogP contribution in [0.3, 0.4) is 0 Å². The Morgan fingerprint density at radius 2 is 1.10 bits per heavy atom. The van der Waals surface area contributed by atoms with E-state index in [1.54, 1.807) is 0 Å². The molecule has 0 aromatic heterocycles. The summed E-state index contributed by atoms with van der Waals surface area (Å²) in [7, 11) is 0. The van der Waals surface area contributed by atoms with Gasteiger partial charge in [0.1, 0.15) is 0 Å². The van der Waals surface area contributed by atoms with E-state index in [-0.39, 0.29) is 11.9 Å². The molecule has 0 bridgehead atoms. The van der Waals surface area contributed by atoms with Crippen molar-refractivity contribution in [1.82, 2.24) is 5.32 Å². The molecule has 30 heavy (non-hydrogen) atoms. The van der Waals surface area contributed by atoms with Gasteiger partial charge in [-0.15, -0.1) is 0 Å². The van der Waals surface area contributed by atoms with Gasteiger partial charge in [0.05, 0.1) is 6.04 Å². The summed E-state index contributed by atoms with van der Waals surface area (Å²) >= 11 is 0. The van der Waals surface area contributed by atoms with Crippen LogP contribution in [0, 0.1) is 0 Å². The maximum Gasteiger partial charge on any atom is 0.221 e. The predicted octanol–water partition coefficient (Wildman–Crippen LogP) is 6.19. The highest BCUT2D eigenvalue weighted by molar-refractivity contribution is 5.77. The summed E-state index contributed by atoms with van der Waals surface area (Å²) in [6.45, 7) is 0. The Morgan fingerprint density at radius 1 is 0.600 bits per heavy atom. The topological polar surface area (TPSA) is 29.1 Å². The van der Waals surface area contributed by atoms with Gasteiger partial charge < -0.3 is 5.32 Å². The lowest BCUT2D eigenvalue weighted by Crippen LogP contribution is -2.29. The normalized spacial score (nSPS) is 11.6. The first-order valence-electron chi connectivity index (χ1n) is 10.3. The van der Waals surface area contributed by atoms with Crippen molar-refractivity contribution in [1.29, 1.82) is 0 Å². The lowest BCUT2D eigenvalue weighted by Gasteiger charge is -2.20. The number of hydrogen-bond donors (Lipinski definition) is 1. The molecule has 0 saturated heterocycles. The predicted molar refractivity (Wildman–Crippen MR) is 123 cm³/mol. The fourth-order valence-electron chi connectivity index (χ4n) is 3.64. The van der Waals surface area contributed by atoms with E-state index in [1.807, 2.05) is 54.6 Å². The van der Waals surface area contributed by atoms with Crippen LogP contribution in [-0.2, 0) is 11.2 Å². The van der Waals surface area contributed by atoms with E-state index in [1.165, 1.54) is 16.7 Å². The summed E-state index contributed by atoms with van der Waals surface area (Å²) in [5.41, 5.74) is 5.69. The smallest absolute Gasteiger partial charge is 0.221 e. The summed E-state index contributed by atoms with van der Waals surface area (Å²) in [6, 6.07) is 38.9. The zero-order chi connectivity index (χ0) is 20.6. The number of amides is 1. The van der Waals surface area contributed by atoms with Crippen LogP contribution < -0.4 is 5.32 Å². The van der Waals surface area contributed by atoms with E-state index in [0.717, 1.165) is 17.5 Å². The summed E-state index contributed by atoms with van der Waals surface area (Å²) < 4.78 is 0. The molecule has 0 heterocycles. The minimum absolute atomic E-state index is 0.0554. The average Bonchev–Trinajstić information content (AvgIpc) is 2.83. The summed E-state index contributed by atoms with van der Waals surface area (Å²) in [4.78, 5) is 12.8. The number of rotatable bonds is 7. The molecule has 4 aromatic carbocycles. The number of nitrogens with one attached hydrogen (secondary N) is 1. The molecule has 2 heteroatoms. The summed E-state index contributed by atoms with van der Waals surface area (Å²) in [5, 5.41) is 3.24. The quantitative estimate of drug-likeness (QED) is 0.400. The molecule has 0 aliphatic carbocycles. The summed E-state index contributed by atoms with van der Waals surface area (Å²) in [5.74, 6) is 0.0554. The van der Waals surface area contributed by atoms with E-state index in [4.69, 9.17) is 0 Å². The molecule has 2 nitrogen and oxygen atoms in total. The van der Waals surface area contributed by atoms with Gasteiger partial charge in [-0.2, -0.15) is 0 Å². The number of benzene rings is 4. The zero-order valence-corrected chi connectivity index (χ0v) is 16.9. The molecular weight excluding hydrogens is 366 g/mol. The van der Waals surface area contributed by atoms with Gasteiger partial charge in [0, 0.05) is 6.42 Å². The molecule has 1 amide bonds. The monoisotopic (exact) mass is 391 g/mol. The van der Waals surface area contributed by atoms with Gasteiger partial charge in [0.15, 0.2) is 0 Å². The van der Waals surface area contributed by atoms with Crippen LogP contribution in [0.1, 0.15) is 29.2 Å². The molecule has 0 radical (unpaired) electrons. The van der Waals surface area contributed by atoms with Crippen LogP contribution in [-0.4, -0.2) is 5.91 Å². The Kier molecular flexibility index (Phi) is 6.36. The van der Waals surface area contributed by atoms with Gasteiger partial charge in [0.25, 0.3) is 0 Å². The van der Waals surface area contributed by atoms with Crippen LogP contribution in [0.4, 0.5) is 0 Å². The average molecular weight is 392 g/mol. The van der Waals surface area contributed by atoms with Gasteiger partial charge in [-0.25, -0.2) is 0 Å². The fourth-order valence-corrected chi connectivity index (χ4v) is 3.64.